The van der Waals surface area contributed by atoms with Crippen LogP contribution in [-0.4, -0.2) is 32.1 Å². The second-order valence-electron chi connectivity index (χ2n) is 3.95. The van der Waals surface area contributed by atoms with Crippen molar-refractivity contribution in [2.45, 2.75) is 19.4 Å². The summed E-state index contributed by atoms with van der Waals surface area (Å²) in [5, 5.41) is 2.46. The van der Waals surface area contributed by atoms with Crippen LogP contribution < -0.4 is 10.1 Å². The molecule has 0 aliphatic carbocycles. The number of nitrogens with one attached hydrogen (secondary N) is 1. The Hall–Kier alpha value is -2.11. The van der Waals surface area contributed by atoms with Gasteiger partial charge in [0.05, 0.1) is 14.2 Å². The van der Waals surface area contributed by atoms with Crippen LogP contribution in [0.4, 0.5) is 4.39 Å². The predicted molar refractivity (Wildman–Crippen MR) is 66.3 cm³/mol. The highest BCUT2D eigenvalue weighted by Crippen LogP contribution is 2.18. The molecule has 0 spiro atoms. The van der Waals surface area contributed by atoms with Crippen molar-refractivity contribution in [1.29, 1.82) is 0 Å². The van der Waals surface area contributed by atoms with Crippen LogP contribution in [0, 0.1) is 5.82 Å². The van der Waals surface area contributed by atoms with E-state index in [4.69, 9.17) is 4.74 Å². The first-order chi connectivity index (χ1) is 8.97. The molecule has 0 bridgehead atoms. The summed E-state index contributed by atoms with van der Waals surface area (Å²) in [6.07, 6.45) is 0.146. The quantitative estimate of drug-likeness (QED) is 0.812. The highest BCUT2D eigenvalue weighted by Gasteiger charge is 2.21. The number of ether oxygens (including phenoxy) is 2. The lowest BCUT2D eigenvalue weighted by molar-refractivity contribution is -0.144. The highest BCUT2D eigenvalue weighted by molar-refractivity contribution is 5.83. The summed E-state index contributed by atoms with van der Waals surface area (Å²) in [5.41, 5.74) is 0.558. The van der Waals surface area contributed by atoms with Crippen molar-refractivity contribution < 1.29 is 23.5 Å². The van der Waals surface area contributed by atoms with Crippen molar-refractivity contribution >= 4 is 11.9 Å². The average molecular weight is 269 g/mol. The molecule has 0 aliphatic rings. The maximum Gasteiger partial charge on any atom is 0.328 e. The van der Waals surface area contributed by atoms with E-state index in [1.165, 1.54) is 33.3 Å². The molecule has 1 atom stereocenters. The summed E-state index contributed by atoms with van der Waals surface area (Å²) >= 11 is 0. The minimum Gasteiger partial charge on any atom is -0.494 e. The van der Waals surface area contributed by atoms with Crippen LogP contribution in [0.25, 0.3) is 0 Å². The Kier molecular flexibility index (Phi) is 5.29. The topological polar surface area (TPSA) is 64.6 Å². The van der Waals surface area contributed by atoms with Gasteiger partial charge in [-0.15, -0.1) is 0 Å². The van der Waals surface area contributed by atoms with Gasteiger partial charge in [-0.3, -0.25) is 4.79 Å². The summed E-state index contributed by atoms with van der Waals surface area (Å²) in [6.45, 7) is 1.30. The molecule has 104 valence electrons. The molecular formula is C13H16FNO4. The van der Waals surface area contributed by atoms with E-state index in [9.17, 15) is 14.0 Å². The maximum atomic E-state index is 13.5. The van der Waals surface area contributed by atoms with Gasteiger partial charge in [-0.25, -0.2) is 9.18 Å². The first-order valence-electron chi connectivity index (χ1n) is 5.65. The molecule has 1 N–H and O–H groups in total. The standard InChI is InChI=1S/C13H16FNO4/c1-8(16)15-11(13(17)19-3)7-9-4-5-12(18-2)10(14)6-9/h4-6,11H,7H2,1-3H3,(H,15,16)/t11-/m0/s1. The second kappa shape index (κ2) is 6.72. The smallest absolute Gasteiger partial charge is 0.328 e. The number of halogens is 1. The first-order valence-corrected chi connectivity index (χ1v) is 5.65. The lowest BCUT2D eigenvalue weighted by atomic mass is 10.1. The minimum absolute atomic E-state index is 0.123. The molecule has 1 rings (SSSR count). The third-order valence-electron chi connectivity index (χ3n) is 2.52. The van der Waals surface area contributed by atoms with Gasteiger partial charge in [-0.1, -0.05) is 6.07 Å². The van der Waals surface area contributed by atoms with Gasteiger partial charge in [0.15, 0.2) is 11.6 Å². The zero-order chi connectivity index (χ0) is 14.4. The summed E-state index contributed by atoms with van der Waals surface area (Å²) in [7, 11) is 2.60. The Morgan fingerprint density at radius 2 is 2.05 bits per heavy atom. The van der Waals surface area contributed by atoms with Crippen LogP contribution >= 0.6 is 0 Å². The van der Waals surface area contributed by atoms with Crippen molar-refractivity contribution in [1.82, 2.24) is 5.32 Å². The number of hydrogen-bond acceptors (Lipinski definition) is 4. The van der Waals surface area contributed by atoms with Crippen LogP contribution in [0.1, 0.15) is 12.5 Å². The van der Waals surface area contributed by atoms with Crippen molar-refractivity contribution in [3.63, 3.8) is 0 Å². The van der Waals surface area contributed by atoms with Gasteiger partial charge in [0.25, 0.3) is 0 Å². The van der Waals surface area contributed by atoms with Gasteiger partial charge < -0.3 is 14.8 Å². The van der Waals surface area contributed by atoms with E-state index in [-0.39, 0.29) is 18.1 Å². The third-order valence-corrected chi connectivity index (χ3v) is 2.52. The molecule has 5 nitrogen and oxygen atoms in total. The summed E-state index contributed by atoms with van der Waals surface area (Å²) < 4.78 is 22.9. The second-order valence-corrected chi connectivity index (χ2v) is 3.95. The number of methoxy groups -OCH3 is 2. The van der Waals surface area contributed by atoms with Crippen LogP contribution in [-0.2, 0) is 20.7 Å². The molecule has 0 aliphatic heterocycles. The van der Waals surface area contributed by atoms with E-state index in [0.717, 1.165) is 0 Å². The van der Waals surface area contributed by atoms with Crippen LogP contribution in [0.3, 0.4) is 0 Å². The SMILES string of the molecule is COC(=O)[C@H](Cc1ccc(OC)c(F)c1)NC(C)=O. The number of hydrogen-bond donors (Lipinski definition) is 1. The summed E-state index contributed by atoms with van der Waals surface area (Å²) in [4.78, 5) is 22.5. The Morgan fingerprint density at radius 1 is 1.37 bits per heavy atom. The zero-order valence-corrected chi connectivity index (χ0v) is 11.0. The molecule has 0 unspecified atom stereocenters. The van der Waals surface area contributed by atoms with E-state index < -0.39 is 17.8 Å². The number of benzene rings is 1. The molecular weight excluding hydrogens is 253 g/mol. The van der Waals surface area contributed by atoms with E-state index in [1.54, 1.807) is 6.07 Å². The minimum atomic E-state index is -0.838. The van der Waals surface area contributed by atoms with E-state index >= 15 is 0 Å². The molecule has 0 heterocycles. The molecule has 1 amide bonds. The van der Waals surface area contributed by atoms with Crippen molar-refractivity contribution in [2.24, 2.45) is 0 Å². The van der Waals surface area contributed by atoms with Gasteiger partial charge in [-0.05, 0) is 17.7 Å². The number of carbonyl (C=O) groups excluding carboxylic acids is 2. The van der Waals surface area contributed by atoms with Crippen molar-refractivity contribution in [2.75, 3.05) is 14.2 Å². The third kappa shape index (κ3) is 4.24. The van der Waals surface area contributed by atoms with Gasteiger partial charge in [0, 0.05) is 13.3 Å². The molecule has 19 heavy (non-hydrogen) atoms. The molecule has 0 aromatic heterocycles. The number of esters is 1. The van der Waals surface area contributed by atoms with E-state index in [0.29, 0.717) is 5.56 Å². The van der Waals surface area contributed by atoms with Gasteiger partial charge in [-0.2, -0.15) is 0 Å². The Bertz CT molecular complexity index is 476. The van der Waals surface area contributed by atoms with Crippen LogP contribution in [0.5, 0.6) is 5.75 Å². The fourth-order valence-corrected chi connectivity index (χ4v) is 1.65. The van der Waals surface area contributed by atoms with Gasteiger partial charge in [0.1, 0.15) is 6.04 Å². The summed E-state index contributed by atoms with van der Waals surface area (Å²) in [6, 6.07) is 3.51. The van der Waals surface area contributed by atoms with Gasteiger partial charge >= 0.3 is 5.97 Å². The van der Waals surface area contributed by atoms with E-state index in [1.807, 2.05) is 0 Å². The molecule has 0 fully saturated rings. The largest absolute Gasteiger partial charge is 0.494 e. The van der Waals surface area contributed by atoms with Crippen LogP contribution in [0.15, 0.2) is 18.2 Å². The van der Waals surface area contributed by atoms with E-state index in [2.05, 4.69) is 10.1 Å². The fourth-order valence-electron chi connectivity index (χ4n) is 1.65. The summed E-state index contributed by atoms with van der Waals surface area (Å²) in [5.74, 6) is -1.33. The van der Waals surface area contributed by atoms with Crippen molar-refractivity contribution in [3.8, 4) is 5.75 Å². The number of carbonyl (C=O) groups is 2. The fraction of sp³-hybridized carbons (Fsp3) is 0.385. The lowest BCUT2D eigenvalue weighted by Gasteiger charge is -2.15. The Morgan fingerprint density at radius 3 is 2.53 bits per heavy atom. The average Bonchev–Trinajstić information content (AvgIpc) is 2.36. The normalized spacial score (nSPS) is 11.6. The van der Waals surface area contributed by atoms with Gasteiger partial charge in [0.2, 0.25) is 5.91 Å². The zero-order valence-electron chi connectivity index (χ0n) is 11.0. The maximum absolute atomic E-state index is 13.5. The van der Waals surface area contributed by atoms with Crippen LogP contribution in [0.2, 0.25) is 0 Å². The molecule has 0 saturated carbocycles. The lowest BCUT2D eigenvalue weighted by Crippen LogP contribution is -2.42. The molecule has 0 radical (unpaired) electrons. The Labute approximate surface area is 110 Å². The molecule has 0 saturated heterocycles. The number of amides is 1. The van der Waals surface area contributed by atoms with Crippen molar-refractivity contribution in [3.05, 3.63) is 29.6 Å². The first kappa shape index (κ1) is 14.9. The molecule has 1 aromatic rings. The highest BCUT2D eigenvalue weighted by atomic mass is 19.1. The predicted octanol–water partition coefficient (Wildman–Crippen LogP) is 1.05. The molecule has 6 heteroatoms. The number of rotatable bonds is 5. The molecule has 1 aromatic carbocycles. The Balaban J connectivity index is 2.86. The monoisotopic (exact) mass is 269 g/mol.